The van der Waals surface area contributed by atoms with Crippen molar-refractivity contribution < 1.29 is 14.3 Å². The molecule has 140 valence electrons. The highest BCUT2D eigenvalue weighted by atomic mass is 16.5. The summed E-state index contributed by atoms with van der Waals surface area (Å²) in [6.07, 6.45) is 0.398. The molecule has 1 rings (SSSR count). The van der Waals surface area contributed by atoms with Crippen molar-refractivity contribution in [2.45, 2.75) is 46.3 Å². The second-order valence-corrected chi connectivity index (χ2v) is 6.81. The van der Waals surface area contributed by atoms with Crippen LogP contribution in [0.5, 0.6) is 0 Å². The molecule has 0 aliphatic carbocycles. The van der Waals surface area contributed by atoms with Crippen molar-refractivity contribution >= 4 is 11.9 Å². The molecule has 0 aromatic carbocycles. The molecule has 7 heteroatoms. The highest BCUT2D eigenvalue weighted by Crippen LogP contribution is 2.07. The number of hydrogen-bond donors (Lipinski definition) is 2. The van der Waals surface area contributed by atoms with Gasteiger partial charge in [0.15, 0.2) is 5.96 Å². The lowest BCUT2D eigenvalue weighted by Crippen LogP contribution is -2.50. The first-order chi connectivity index (χ1) is 11.4. The van der Waals surface area contributed by atoms with Crippen LogP contribution in [0.4, 0.5) is 0 Å². The summed E-state index contributed by atoms with van der Waals surface area (Å²) in [6.45, 7) is 13.2. The molecule has 0 aromatic heterocycles. The van der Waals surface area contributed by atoms with Crippen LogP contribution in [0.2, 0.25) is 0 Å². The van der Waals surface area contributed by atoms with Gasteiger partial charge in [-0.05, 0) is 19.8 Å². The van der Waals surface area contributed by atoms with Gasteiger partial charge in [0.05, 0.1) is 25.2 Å². The van der Waals surface area contributed by atoms with Crippen molar-refractivity contribution in [3.63, 3.8) is 0 Å². The van der Waals surface area contributed by atoms with Crippen LogP contribution in [-0.4, -0.2) is 75.4 Å². The van der Waals surface area contributed by atoms with E-state index in [0.29, 0.717) is 31.4 Å². The molecule has 0 spiro atoms. The van der Waals surface area contributed by atoms with E-state index in [4.69, 9.17) is 9.47 Å². The Morgan fingerprint density at radius 2 is 2.08 bits per heavy atom. The highest BCUT2D eigenvalue weighted by Gasteiger charge is 2.21. The van der Waals surface area contributed by atoms with Gasteiger partial charge in [-0.1, -0.05) is 13.8 Å². The fraction of sp³-hybridized carbons (Fsp3) is 0.882. The van der Waals surface area contributed by atoms with Crippen LogP contribution in [0.15, 0.2) is 4.99 Å². The van der Waals surface area contributed by atoms with E-state index in [1.54, 1.807) is 7.05 Å². The largest absolute Gasteiger partial charge is 0.463 e. The number of aliphatic imine (C=N–C) groups is 1. The molecule has 1 aliphatic heterocycles. The molecule has 7 nitrogen and oxygen atoms in total. The summed E-state index contributed by atoms with van der Waals surface area (Å²) in [6, 6.07) is 0. The maximum atomic E-state index is 11.5. The first kappa shape index (κ1) is 20.7. The molecular weight excluding hydrogens is 308 g/mol. The van der Waals surface area contributed by atoms with Crippen molar-refractivity contribution in [2.75, 3.05) is 46.4 Å². The van der Waals surface area contributed by atoms with E-state index in [1.807, 2.05) is 13.8 Å². The summed E-state index contributed by atoms with van der Waals surface area (Å²) in [5, 5.41) is 6.39. The van der Waals surface area contributed by atoms with Crippen molar-refractivity contribution in [3.05, 3.63) is 0 Å². The normalized spacial score (nSPS) is 19.6. The third-order valence-corrected chi connectivity index (χ3v) is 3.56. The molecule has 0 amide bonds. The van der Waals surface area contributed by atoms with Crippen LogP contribution in [0.3, 0.4) is 0 Å². The molecule has 1 heterocycles. The Labute approximate surface area is 146 Å². The average Bonchev–Trinajstić information content (AvgIpc) is 2.49. The molecule has 2 N–H and O–H groups in total. The minimum absolute atomic E-state index is 0.0767. The second kappa shape index (κ2) is 11.3. The van der Waals surface area contributed by atoms with Crippen molar-refractivity contribution in [1.29, 1.82) is 0 Å². The fourth-order valence-electron chi connectivity index (χ4n) is 2.62. The third kappa shape index (κ3) is 9.08. The second-order valence-electron chi connectivity index (χ2n) is 6.81. The zero-order chi connectivity index (χ0) is 17.9. The molecule has 1 aliphatic rings. The Morgan fingerprint density at radius 3 is 2.71 bits per heavy atom. The summed E-state index contributed by atoms with van der Waals surface area (Å²) in [5.74, 6) is 1.14. The predicted molar refractivity (Wildman–Crippen MR) is 96.2 cm³/mol. The fourth-order valence-corrected chi connectivity index (χ4v) is 2.62. The Bertz CT molecular complexity index is 399. The maximum absolute atomic E-state index is 11.5. The molecule has 1 fully saturated rings. The molecule has 1 saturated heterocycles. The van der Waals surface area contributed by atoms with E-state index in [2.05, 4.69) is 34.4 Å². The zero-order valence-corrected chi connectivity index (χ0v) is 15.8. The Hall–Kier alpha value is -1.34. The first-order valence-electron chi connectivity index (χ1n) is 8.88. The maximum Gasteiger partial charge on any atom is 0.307 e. The molecule has 24 heavy (non-hydrogen) atoms. The standard InChI is InChI=1S/C17H34N4O3/c1-13(2)11-21-8-9-23-15(12-21)10-20-17(18-5)19-7-6-16(22)24-14(3)4/h13-15H,6-12H2,1-5H3,(H2,18,19,20). The van der Waals surface area contributed by atoms with E-state index >= 15 is 0 Å². The lowest BCUT2D eigenvalue weighted by atomic mass is 10.2. The van der Waals surface area contributed by atoms with Gasteiger partial charge in [0, 0.05) is 39.8 Å². The average molecular weight is 342 g/mol. The quantitative estimate of drug-likeness (QED) is 0.387. The Kier molecular flexibility index (Phi) is 9.71. The van der Waals surface area contributed by atoms with Gasteiger partial charge >= 0.3 is 5.97 Å². The summed E-state index contributed by atoms with van der Waals surface area (Å²) < 4.78 is 10.9. The minimum Gasteiger partial charge on any atom is -0.463 e. The minimum atomic E-state index is -0.201. The van der Waals surface area contributed by atoms with E-state index in [9.17, 15) is 4.79 Å². The molecule has 1 atom stereocenters. The van der Waals surface area contributed by atoms with Gasteiger partial charge in [0.1, 0.15) is 0 Å². The van der Waals surface area contributed by atoms with Crippen LogP contribution < -0.4 is 10.6 Å². The lowest BCUT2D eigenvalue weighted by Gasteiger charge is -2.34. The number of morpholine rings is 1. The van der Waals surface area contributed by atoms with Crippen LogP contribution in [0.1, 0.15) is 34.1 Å². The van der Waals surface area contributed by atoms with Gasteiger partial charge < -0.3 is 20.1 Å². The first-order valence-corrected chi connectivity index (χ1v) is 8.88. The summed E-state index contributed by atoms with van der Waals surface area (Å²) in [4.78, 5) is 18.1. The van der Waals surface area contributed by atoms with Gasteiger partial charge in [-0.3, -0.25) is 14.7 Å². The number of ether oxygens (including phenoxy) is 2. The summed E-state index contributed by atoms with van der Waals surface area (Å²) in [5.41, 5.74) is 0. The van der Waals surface area contributed by atoms with Gasteiger partial charge in [-0.25, -0.2) is 0 Å². The van der Waals surface area contributed by atoms with Crippen molar-refractivity contribution in [3.8, 4) is 0 Å². The van der Waals surface area contributed by atoms with Gasteiger partial charge in [-0.2, -0.15) is 0 Å². The molecule has 0 aromatic rings. The van der Waals surface area contributed by atoms with Crippen LogP contribution >= 0.6 is 0 Å². The summed E-state index contributed by atoms with van der Waals surface area (Å²) >= 11 is 0. The van der Waals surface area contributed by atoms with Gasteiger partial charge in [-0.15, -0.1) is 0 Å². The van der Waals surface area contributed by atoms with Crippen LogP contribution in [0.25, 0.3) is 0 Å². The molecule has 0 bridgehead atoms. The number of esters is 1. The van der Waals surface area contributed by atoms with Crippen molar-refractivity contribution in [2.24, 2.45) is 10.9 Å². The number of hydrogen-bond acceptors (Lipinski definition) is 5. The highest BCUT2D eigenvalue weighted by molar-refractivity contribution is 5.80. The van der Waals surface area contributed by atoms with Gasteiger partial charge in [0.25, 0.3) is 0 Å². The number of carbonyl (C=O) groups excluding carboxylic acids is 1. The number of rotatable bonds is 8. The lowest BCUT2D eigenvalue weighted by molar-refractivity contribution is -0.147. The van der Waals surface area contributed by atoms with E-state index in [0.717, 1.165) is 26.2 Å². The number of nitrogens with zero attached hydrogens (tertiary/aromatic N) is 2. The van der Waals surface area contributed by atoms with Gasteiger partial charge in [0.2, 0.25) is 0 Å². The predicted octanol–water partition coefficient (Wildman–Crippen LogP) is 0.850. The van der Waals surface area contributed by atoms with Crippen LogP contribution in [-0.2, 0) is 14.3 Å². The molecule has 0 radical (unpaired) electrons. The van der Waals surface area contributed by atoms with Crippen molar-refractivity contribution in [1.82, 2.24) is 15.5 Å². The van der Waals surface area contributed by atoms with E-state index < -0.39 is 0 Å². The smallest absolute Gasteiger partial charge is 0.307 e. The Morgan fingerprint density at radius 1 is 1.33 bits per heavy atom. The van der Waals surface area contributed by atoms with E-state index in [1.165, 1.54) is 0 Å². The molecular formula is C17H34N4O3. The Balaban J connectivity index is 2.24. The molecule has 0 saturated carbocycles. The third-order valence-electron chi connectivity index (χ3n) is 3.56. The molecule has 1 unspecified atom stereocenters. The number of nitrogens with one attached hydrogen (secondary N) is 2. The summed E-state index contributed by atoms with van der Waals surface area (Å²) in [7, 11) is 1.72. The topological polar surface area (TPSA) is 75.2 Å². The monoisotopic (exact) mass is 342 g/mol. The number of carbonyl (C=O) groups is 1. The van der Waals surface area contributed by atoms with Crippen LogP contribution in [0, 0.1) is 5.92 Å². The number of guanidine groups is 1. The SMILES string of the molecule is CN=C(NCCC(=O)OC(C)C)NCC1CN(CC(C)C)CCO1. The van der Waals surface area contributed by atoms with E-state index in [-0.39, 0.29) is 18.2 Å². The zero-order valence-electron chi connectivity index (χ0n) is 15.8.